The molecule has 0 heterocycles. The van der Waals surface area contributed by atoms with E-state index in [1.54, 1.807) is 0 Å². The Morgan fingerprint density at radius 1 is 0.536 bits per heavy atom. The molecule has 1 atom stereocenters. The Morgan fingerprint density at radius 3 is 1.32 bits per heavy atom. The van der Waals surface area contributed by atoms with Crippen molar-refractivity contribution < 1.29 is 9.78 Å². The minimum atomic E-state index is 0.475. The molecule has 3 nitrogen and oxygen atoms in total. The van der Waals surface area contributed by atoms with E-state index >= 15 is 0 Å². The Hall–Kier alpha value is -0.120. The van der Waals surface area contributed by atoms with Crippen LogP contribution in [0.4, 0.5) is 0 Å². The zero-order valence-electron chi connectivity index (χ0n) is 19.7. The molecule has 0 aliphatic carbocycles. The molecule has 0 aromatic carbocycles. The third kappa shape index (κ3) is 22.2. The fourth-order valence-corrected chi connectivity index (χ4v) is 3.87. The van der Waals surface area contributed by atoms with Crippen LogP contribution >= 0.6 is 0 Å². The highest BCUT2D eigenvalue weighted by Gasteiger charge is 2.10. The van der Waals surface area contributed by atoms with Gasteiger partial charge in [-0.15, -0.1) is 0 Å². The standard InChI is InChI=1S/C25H53NO2/c1-4-6-8-10-12-14-16-18-20-22-25(23-27-28-24-26-3)21-19-17-15-13-11-9-7-5-2/h25-26H,4-24H2,1-3H3. The van der Waals surface area contributed by atoms with Crippen LogP contribution in [-0.4, -0.2) is 20.4 Å². The zero-order valence-corrected chi connectivity index (χ0v) is 19.7. The number of hydrogen-bond donors (Lipinski definition) is 1. The normalized spacial score (nSPS) is 12.5. The molecule has 0 aliphatic heterocycles. The molecule has 0 amide bonds. The third-order valence-electron chi connectivity index (χ3n) is 5.77. The topological polar surface area (TPSA) is 30.5 Å². The van der Waals surface area contributed by atoms with Gasteiger partial charge in [0.05, 0.1) is 6.61 Å². The summed E-state index contributed by atoms with van der Waals surface area (Å²) in [5.41, 5.74) is 0. The summed E-state index contributed by atoms with van der Waals surface area (Å²) in [6.07, 6.45) is 26.4. The maximum absolute atomic E-state index is 5.43. The third-order valence-corrected chi connectivity index (χ3v) is 5.77. The van der Waals surface area contributed by atoms with E-state index in [9.17, 15) is 0 Å². The highest BCUT2D eigenvalue weighted by atomic mass is 17.2. The molecule has 0 aromatic rings. The van der Waals surface area contributed by atoms with Crippen LogP contribution in [0.5, 0.6) is 0 Å². The fourth-order valence-electron chi connectivity index (χ4n) is 3.87. The van der Waals surface area contributed by atoms with E-state index in [4.69, 9.17) is 9.78 Å². The number of hydrogen-bond acceptors (Lipinski definition) is 3. The maximum Gasteiger partial charge on any atom is 0.132 e. The first-order chi connectivity index (χ1) is 13.8. The molecule has 0 radical (unpaired) electrons. The van der Waals surface area contributed by atoms with Crippen molar-refractivity contribution in [2.45, 2.75) is 136 Å². The summed E-state index contributed by atoms with van der Waals surface area (Å²) in [5, 5.41) is 2.96. The summed E-state index contributed by atoms with van der Waals surface area (Å²) < 4.78 is 0. The second kappa shape index (κ2) is 24.9. The van der Waals surface area contributed by atoms with E-state index in [1.165, 1.54) is 122 Å². The van der Waals surface area contributed by atoms with Gasteiger partial charge in [0.1, 0.15) is 6.73 Å². The first-order valence-electron chi connectivity index (χ1n) is 12.7. The zero-order chi connectivity index (χ0) is 20.5. The summed E-state index contributed by atoms with van der Waals surface area (Å²) in [6.45, 7) is 5.81. The second-order valence-electron chi connectivity index (χ2n) is 8.65. The molecule has 0 aliphatic rings. The van der Waals surface area contributed by atoms with Crippen molar-refractivity contribution in [1.82, 2.24) is 5.32 Å². The van der Waals surface area contributed by atoms with Crippen molar-refractivity contribution in [1.29, 1.82) is 0 Å². The van der Waals surface area contributed by atoms with E-state index in [0.717, 1.165) is 6.61 Å². The average Bonchev–Trinajstić information content (AvgIpc) is 2.71. The largest absolute Gasteiger partial charge is 0.295 e. The SMILES string of the molecule is CCCCCCCCCCCC(CCCCCCCCCC)COOCNC. The minimum Gasteiger partial charge on any atom is -0.295 e. The first kappa shape index (κ1) is 27.9. The molecule has 0 saturated heterocycles. The molecule has 0 spiro atoms. The predicted octanol–water partition coefficient (Wildman–Crippen LogP) is 8.18. The minimum absolute atomic E-state index is 0.475. The van der Waals surface area contributed by atoms with E-state index < -0.39 is 0 Å². The lowest BCUT2D eigenvalue weighted by molar-refractivity contribution is -0.305. The number of nitrogens with one attached hydrogen (secondary N) is 1. The smallest absolute Gasteiger partial charge is 0.132 e. The van der Waals surface area contributed by atoms with Crippen LogP contribution in [0, 0.1) is 5.92 Å². The lowest BCUT2D eigenvalue weighted by Crippen LogP contribution is -2.16. The van der Waals surface area contributed by atoms with Gasteiger partial charge < -0.3 is 0 Å². The summed E-state index contributed by atoms with van der Waals surface area (Å²) in [5.74, 6) is 0.668. The molecule has 0 saturated carbocycles. The average molecular weight is 400 g/mol. The van der Waals surface area contributed by atoms with Gasteiger partial charge in [-0.05, 0) is 25.8 Å². The molecule has 3 heteroatoms. The van der Waals surface area contributed by atoms with Crippen LogP contribution < -0.4 is 5.32 Å². The summed E-state index contributed by atoms with van der Waals surface area (Å²) in [4.78, 5) is 10.6. The Balaban J connectivity index is 3.70. The van der Waals surface area contributed by atoms with Gasteiger partial charge in [0, 0.05) is 0 Å². The lowest BCUT2D eigenvalue weighted by Gasteiger charge is -2.16. The fraction of sp³-hybridized carbons (Fsp3) is 1.00. The van der Waals surface area contributed by atoms with Crippen molar-refractivity contribution >= 4 is 0 Å². The highest BCUT2D eigenvalue weighted by molar-refractivity contribution is 4.60. The van der Waals surface area contributed by atoms with Gasteiger partial charge in [-0.25, -0.2) is 9.78 Å². The quantitative estimate of drug-likeness (QED) is 0.0768. The lowest BCUT2D eigenvalue weighted by atomic mass is 9.94. The van der Waals surface area contributed by atoms with Crippen LogP contribution in [-0.2, 0) is 9.78 Å². The molecule has 0 fully saturated rings. The van der Waals surface area contributed by atoms with E-state index in [0.29, 0.717) is 12.6 Å². The van der Waals surface area contributed by atoms with Crippen molar-refractivity contribution in [3.05, 3.63) is 0 Å². The monoisotopic (exact) mass is 399 g/mol. The maximum atomic E-state index is 5.43. The Bertz CT molecular complexity index is 273. The summed E-state index contributed by atoms with van der Waals surface area (Å²) in [6, 6.07) is 0. The van der Waals surface area contributed by atoms with Crippen LogP contribution in [0.2, 0.25) is 0 Å². The van der Waals surface area contributed by atoms with E-state index in [1.807, 2.05) is 7.05 Å². The molecular weight excluding hydrogens is 346 g/mol. The Morgan fingerprint density at radius 2 is 0.929 bits per heavy atom. The molecule has 0 rings (SSSR count). The van der Waals surface area contributed by atoms with Crippen molar-refractivity contribution in [2.75, 3.05) is 20.4 Å². The molecule has 0 bridgehead atoms. The molecule has 0 aromatic heterocycles. The molecule has 1 unspecified atom stereocenters. The highest BCUT2D eigenvalue weighted by Crippen LogP contribution is 2.20. The Labute approximate surface area is 177 Å². The summed E-state index contributed by atoms with van der Waals surface area (Å²) in [7, 11) is 1.88. The summed E-state index contributed by atoms with van der Waals surface area (Å²) >= 11 is 0. The molecule has 170 valence electrons. The van der Waals surface area contributed by atoms with Gasteiger partial charge in [-0.2, -0.15) is 0 Å². The van der Waals surface area contributed by atoms with Crippen molar-refractivity contribution in [3.63, 3.8) is 0 Å². The Kier molecular flexibility index (Phi) is 24.8. The van der Waals surface area contributed by atoms with Crippen LogP contribution in [0.15, 0.2) is 0 Å². The van der Waals surface area contributed by atoms with Crippen LogP contribution in [0.1, 0.15) is 136 Å². The van der Waals surface area contributed by atoms with E-state index in [-0.39, 0.29) is 0 Å². The second-order valence-corrected chi connectivity index (χ2v) is 8.65. The van der Waals surface area contributed by atoms with Gasteiger partial charge in [0.25, 0.3) is 0 Å². The van der Waals surface area contributed by atoms with Gasteiger partial charge in [0.2, 0.25) is 0 Å². The van der Waals surface area contributed by atoms with Crippen LogP contribution in [0.25, 0.3) is 0 Å². The number of rotatable bonds is 24. The van der Waals surface area contributed by atoms with Crippen molar-refractivity contribution in [3.8, 4) is 0 Å². The molecular formula is C25H53NO2. The number of unbranched alkanes of at least 4 members (excludes halogenated alkanes) is 15. The van der Waals surface area contributed by atoms with Crippen molar-refractivity contribution in [2.24, 2.45) is 5.92 Å². The molecule has 1 N–H and O–H groups in total. The molecule has 28 heavy (non-hydrogen) atoms. The van der Waals surface area contributed by atoms with Crippen LogP contribution in [0.3, 0.4) is 0 Å². The first-order valence-corrected chi connectivity index (χ1v) is 12.7. The van der Waals surface area contributed by atoms with E-state index in [2.05, 4.69) is 19.2 Å². The van der Waals surface area contributed by atoms with Gasteiger partial charge in [0.15, 0.2) is 0 Å². The predicted molar refractivity (Wildman–Crippen MR) is 124 cm³/mol. The van der Waals surface area contributed by atoms with Gasteiger partial charge in [-0.1, -0.05) is 123 Å². The van der Waals surface area contributed by atoms with Gasteiger partial charge >= 0.3 is 0 Å². The van der Waals surface area contributed by atoms with Gasteiger partial charge in [-0.3, -0.25) is 5.32 Å².